The molecule has 2 heteroatoms. The quantitative estimate of drug-likeness (QED) is 0.876. The van der Waals surface area contributed by atoms with Crippen molar-refractivity contribution >= 4 is 0 Å². The van der Waals surface area contributed by atoms with E-state index in [1.807, 2.05) is 12.1 Å². The number of nitrogens with one attached hydrogen (secondary N) is 1. The molecular formula is C19H23NO. The molecule has 0 amide bonds. The predicted molar refractivity (Wildman–Crippen MR) is 86.6 cm³/mol. The van der Waals surface area contributed by atoms with Crippen molar-refractivity contribution in [3.63, 3.8) is 0 Å². The van der Waals surface area contributed by atoms with Crippen LogP contribution in [0.5, 0.6) is 5.75 Å². The molecular weight excluding hydrogens is 258 g/mol. The van der Waals surface area contributed by atoms with Crippen LogP contribution in [0.25, 0.3) is 0 Å². The second kappa shape index (κ2) is 5.53. The van der Waals surface area contributed by atoms with Gasteiger partial charge in [-0.05, 0) is 48.9 Å². The Hall–Kier alpha value is -1.80. The van der Waals surface area contributed by atoms with E-state index in [0.717, 1.165) is 18.5 Å². The van der Waals surface area contributed by atoms with Crippen LogP contribution in [0.4, 0.5) is 0 Å². The maximum atomic E-state index is 10.2. The number of hydrogen-bond acceptors (Lipinski definition) is 2. The molecule has 2 N–H and O–H groups in total. The smallest absolute Gasteiger partial charge is 0.120 e. The Labute approximate surface area is 126 Å². The molecule has 0 saturated heterocycles. The molecule has 2 unspecified atom stereocenters. The van der Waals surface area contributed by atoms with Crippen molar-refractivity contribution in [3.8, 4) is 5.75 Å². The molecule has 3 rings (SSSR count). The van der Waals surface area contributed by atoms with Crippen LogP contribution in [0.1, 0.15) is 53.1 Å². The summed E-state index contributed by atoms with van der Waals surface area (Å²) in [6, 6.07) is 12.7. The van der Waals surface area contributed by atoms with E-state index in [9.17, 15) is 5.11 Å². The van der Waals surface area contributed by atoms with Crippen molar-refractivity contribution in [3.05, 3.63) is 64.2 Å². The standard InChI is InChI=1S/C19H23NO/c1-12-4-7-15(8-5-12)11-20-16-10-14(3)18-13(2)6-9-17(21)19(16)18/h4-9,14,16,20-21H,10-11H2,1-3H3. The van der Waals surface area contributed by atoms with Crippen LogP contribution in [0.2, 0.25) is 0 Å². The Balaban J connectivity index is 1.80. The molecule has 2 nitrogen and oxygen atoms in total. The summed E-state index contributed by atoms with van der Waals surface area (Å²) < 4.78 is 0. The van der Waals surface area contributed by atoms with Gasteiger partial charge in [0.2, 0.25) is 0 Å². The van der Waals surface area contributed by atoms with E-state index in [1.165, 1.54) is 22.3 Å². The van der Waals surface area contributed by atoms with Crippen molar-refractivity contribution in [2.75, 3.05) is 0 Å². The second-order valence-electron chi connectivity index (χ2n) is 6.28. The van der Waals surface area contributed by atoms with Crippen LogP contribution >= 0.6 is 0 Å². The predicted octanol–water partition coefficient (Wildman–Crippen LogP) is 4.35. The van der Waals surface area contributed by atoms with Gasteiger partial charge in [-0.2, -0.15) is 0 Å². The molecule has 21 heavy (non-hydrogen) atoms. The molecule has 0 radical (unpaired) electrons. The molecule has 1 aliphatic rings. The van der Waals surface area contributed by atoms with Crippen LogP contribution in [-0.2, 0) is 6.54 Å². The largest absolute Gasteiger partial charge is 0.508 e. The molecule has 0 fully saturated rings. The van der Waals surface area contributed by atoms with E-state index >= 15 is 0 Å². The van der Waals surface area contributed by atoms with Crippen LogP contribution in [0.3, 0.4) is 0 Å². The van der Waals surface area contributed by atoms with Gasteiger partial charge >= 0.3 is 0 Å². The minimum Gasteiger partial charge on any atom is -0.508 e. The average molecular weight is 281 g/mol. The minimum atomic E-state index is 0.246. The molecule has 1 aliphatic carbocycles. The van der Waals surface area contributed by atoms with Gasteiger partial charge in [0, 0.05) is 18.2 Å². The molecule has 0 spiro atoms. The lowest BCUT2D eigenvalue weighted by molar-refractivity contribution is 0.445. The van der Waals surface area contributed by atoms with Crippen LogP contribution in [0.15, 0.2) is 36.4 Å². The first-order valence-corrected chi connectivity index (χ1v) is 7.67. The second-order valence-corrected chi connectivity index (χ2v) is 6.28. The van der Waals surface area contributed by atoms with Gasteiger partial charge in [0.05, 0.1) is 0 Å². The molecule has 110 valence electrons. The van der Waals surface area contributed by atoms with Gasteiger partial charge in [-0.1, -0.05) is 42.8 Å². The zero-order valence-electron chi connectivity index (χ0n) is 13.0. The Morgan fingerprint density at radius 2 is 1.76 bits per heavy atom. The molecule has 0 heterocycles. The fourth-order valence-corrected chi connectivity index (χ4v) is 3.48. The third-order valence-electron chi connectivity index (χ3n) is 4.59. The topological polar surface area (TPSA) is 32.3 Å². The van der Waals surface area contributed by atoms with Gasteiger partial charge < -0.3 is 10.4 Å². The van der Waals surface area contributed by atoms with E-state index in [0.29, 0.717) is 11.7 Å². The molecule has 2 atom stereocenters. The summed E-state index contributed by atoms with van der Waals surface area (Å²) in [5.41, 5.74) is 6.29. The molecule has 0 aromatic heterocycles. The lowest BCUT2D eigenvalue weighted by Gasteiger charge is -2.16. The molecule has 2 aromatic carbocycles. The summed E-state index contributed by atoms with van der Waals surface area (Å²) in [5.74, 6) is 0.934. The van der Waals surface area contributed by atoms with Crippen molar-refractivity contribution in [2.45, 2.75) is 45.7 Å². The number of rotatable bonds is 3. The van der Waals surface area contributed by atoms with Crippen molar-refractivity contribution in [1.29, 1.82) is 0 Å². The lowest BCUT2D eigenvalue weighted by atomic mass is 9.97. The maximum Gasteiger partial charge on any atom is 0.120 e. The van der Waals surface area contributed by atoms with Crippen molar-refractivity contribution in [2.24, 2.45) is 0 Å². The third kappa shape index (κ3) is 2.68. The number of phenolic OH excluding ortho intramolecular Hbond substituents is 1. The first-order chi connectivity index (χ1) is 10.1. The van der Waals surface area contributed by atoms with Crippen LogP contribution in [-0.4, -0.2) is 5.11 Å². The van der Waals surface area contributed by atoms with Gasteiger partial charge in [0.15, 0.2) is 0 Å². The van der Waals surface area contributed by atoms with Gasteiger partial charge in [0.1, 0.15) is 5.75 Å². The fourth-order valence-electron chi connectivity index (χ4n) is 3.48. The minimum absolute atomic E-state index is 0.246. The number of hydrogen-bond donors (Lipinski definition) is 2. The zero-order valence-corrected chi connectivity index (χ0v) is 13.0. The highest BCUT2D eigenvalue weighted by molar-refractivity contribution is 5.50. The molecule has 0 bridgehead atoms. The number of fused-ring (bicyclic) bond motifs is 1. The van der Waals surface area contributed by atoms with E-state index in [-0.39, 0.29) is 6.04 Å². The number of benzene rings is 2. The molecule has 0 saturated carbocycles. The number of phenols is 1. The molecule has 2 aromatic rings. The zero-order chi connectivity index (χ0) is 15.0. The maximum absolute atomic E-state index is 10.2. The summed E-state index contributed by atoms with van der Waals surface area (Å²) in [6.07, 6.45) is 1.06. The first-order valence-electron chi connectivity index (χ1n) is 7.67. The van der Waals surface area contributed by atoms with Crippen LogP contribution < -0.4 is 5.32 Å². The average Bonchev–Trinajstić information content (AvgIpc) is 2.80. The van der Waals surface area contributed by atoms with Gasteiger partial charge in [-0.3, -0.25) is 0 Å². The summed E-state index contributed by atoms with van der Waals surface area (Å²) in [5, 5.41) is 13.8. The summed E-state index contributed by atoms with van der Waals surface area (Å²) in [6.45, 7) is 7.33. The van der Waals surface area contributed by atoms with Crippen molar-refractivity contribution < 1.29 is 5.11 Å². The number of aromatic hydroxyl groups is 1. The summed E-state index contributed by atoms with van der Waals surface area (Å²) in [4.78, 5) is 0. The monoisotopic (exact) mass is 281 g/mol. The van der Waals surface area contributed by atoms with Crippen LogP contribution in [0, 0.1) is 13.8 Å². The van der Waals surface area contributed by atoms with E-state index in [1.54, 1.807) is 0 Å². The Morgan fingerprint density at radius 1 is 1.05 bits per heavy atom. The Morgan fingerprint density at radius 3 is 2.48 bits per heavy atom. The van der Waals surface area contributed by atoms with E-state index in [4.69, 9.17) is 0 Å². The third-order valence-corrected chi connectivity index (χ3v) is 4.59. The van der Waals surface area contributed by atoms with Gasteiger partial charge in [-0.15, -0.1) is 0 Å². The van der Waals surface area contributed by atoms with Crippen molar-refractivity contribution in [1.82, 2.24) is 5.32 Å². The fraction of sp³-hybridized carbons (Fsp3) is 0.368. The highest BCUT2D eigenvalue weighted by Crippen LogP contribution is 2.45. The Bertz CT molecular complexity index is 645. The normalized spacial score (nSPS) is 20.5. The lowest BCUT2D eigenvalue weighted by Crippen LogP contribution is -2.19. The summed E-state index contributed by atoms with van der Waals surface area (Å²) in [7, 11) is 0. The Kier molecular flexibility index (Phi) is 3.73. The number of aryl methyl sites for hydroxylation is 2. The van der Waals surface area contributed by atoms with Gasteiger partial charge in [-0.25, -0.2) is 0 Å². The van der Waals surface area contributed by atoms with Gasteiger partial charge in [0.25, 0.3) is 0 Å². The first kappa shape index (κ1) is 14.2. The van der Waals surface area contributed by atoms with E-state index in [2.05, 4.69) is 50.4 Å². The SMILES string of the molecule is Cc1ccc(CNC2CC(C)c3c(C)ccc(O)c32)cc1. The summed E-state index contributed by atoms with van der Waals surface area (Å²) >= 11 is 0. The van der Waals surface area contributed by atoms with E-state index < -0.39 is 0 Å². The highest BCUT2D eigenvalue weighted by atomic mass is 16.3. The molecule has 0 aliphatic heterocycles. The highest BCUT2D eigenvalue weighted by Gasteiger charge is 2.31.